The highest BCUT2D eigenvalue weighted by Gasteiger charge is 2.34. The van der Waals surface area contributed by atoms with Crippen molar-refractivity contribution in [3.05, 3.63) is 29.3 Å². The first-order chi connectivity index (χ1) is 8.91. The van der Waals surface area contributed by atoms with Crippen molar-refractivity contribution in [1.82, 2.24) is 0 Å². The van der Waals surface area contributed by atoms with Crippen molar-refractivity contribution in [2.24, 2.45) is 4.99 Å². The molecule has 1 N–H and O–H groups in total. The molecule has 2 rings (SSSR count). The van der Waals surface area contributed by atoms with E-state index in [4.69, 9.17) is 0 Å². The number of likely N-dealkylation sites (tertiary alicyclic amines) is 1. The quantitative estimate of drug-likeness (QED) is 0.654. The average Bonchev–Trinajstić information content (AvgIpc) is 2.74. The summed E-state index contributed by atoms with van der Waals surface area (Å²) in [6.45, 7) is 0.979. The van der Waals surface area contributed by atoms with Gasteiger partial charge in [-0.25, -0.2) is 0 Å². The molecule has 2 unspecified atom stereocenters. The number of hydrogen-bond donors (Lipinski definition) is 1. The van der Waals surface area contributed by atoms with Crippen LogP contribution in [0, 0.1) is 0 Å². The van der Waals surface area contributed by atoms with Crippen molar-refractivity contribution in [3.8, 4) is 0 Å². The van der Waals surface area contributed by atoms with Gasteiger partial charge in [0.2, 0.25) is 0 Å². The summed E-state index contributed by atoms with van der Waals surface area (Å²) in [6, 6.07) is 4.00. The molecule has 102 valence electrons. The highest BCUT2D eigenvalue weighted by atomic mass is 32.1. The molecule has 0 amide bonds. The third-order valence-electron chi connectivity index (χ3n) is 3.50. The van der Waals surface area contributed by atoms with Gasteiger partial charge in [0.05, 0.1) is 30.0 Å². The zero-order valence-electron chi connectivity index (χ0n) is 10.4. The molecule has 0 aromatic heterocycles. The van der Waals surface area contributed by atoms with Gasteiger partial charge in [0, 0.05) is 18.4 Å². The Balaban J connectivity index is 2.48. The fourth-order valence-electron chi connectivity index (χ4n) is 2.57. The van der Waals surface area contributed by atoms with Crippen LogP contribution in [0.5, 0.6) is 0 Å². The summed E-state index contributed by atoms with van der Waals surface area (Å²) in [5, 5.41) is 2.13. The largest absolute Gasteiger partial charge is 0.416 e. The van der Waals surface area contributed by atoms with Crippen molar-refractivity contribution in [3.63, 3.8) is 0 Å². The van der Waals surface area contributed by atoms with Gasteiger partial charge in [-0.2, -0.15) is 18.2 Å². The van der Waals surface area contributed by atoms with Crippen molar-refractivity contribution >= 4 is 23.1 Å². The Bertz CT molecular complexity index is 521. The molecule has 19 heavy (non-hydrogen) atoms. The number of halogens is 3. The number of rotatable bonds is 2. The molecule has 1 aromatic rings. The van der Waals surface area contributed by atoms with Crippen LogP contribution in [0.4, 0.5) is 18.9 Å². The minimum Gasteiger partial charge on any atom is -0.331 e. The number of isothiocyanates is 1. The molecule has 0 radical (unpaired) electrons. The number of alkyl halides is 3. The van der Waals surface area contributed by atoms with Crippen LogP contribution in [0.3, 0.4) is 0 Å². The summed E-state index contributed by atoms with van der Waals surface area (Å²) < 4.78 is 38.6. The molecule has 1 aliphatic heterocycles. The number of hydrogen-bond acceptors (Lipinski definition) is 2. The maximum absolute atomic E-state index is 12.9. The smallest absolute Gasteiger partial charge is 0.331 e. The minimum absolute atomic E-state index is 0.0985. The SMILES string of the molecule is C[NH+]1CCCC1c1cc(N=C=S)cc(C(F)(F)F)c1. The molecule has 0 saturated carbocycles. The third kappa shape index (κ3) is 3.21. The molecule has 0 bridgehead atoms. The van der Waals surface area contributed by atoms with Gasteiger partial charge in [-0.3, -0.25) is 0 Å². The Morgan fingerprint density at radius 2 is 2.11 bits per heavy atom. The molecular weight excluding hydrogens is 273 g/mol. The van der Waals surface area contributed by atoms with Crippen LogP contribution in [-0.4, -0.2) is 18.8 Å². The molecule has 1 aliphatic rings. The maximum Gasteiger partial charge on any atom is 0.416 e. The van der Waals surface area contributed by atoms with Crippen LogP contribution in [-0.2, 0) is 6.18 Å². The van der Waals surface area contributed by atoms with Gasteiger partial charge in [0.25, 0.3) is 0 Å². The molecule has 0 aliphatic carbocycles. The summed E-state index contributed by atoms with van der Waals surface area (Å²) in [6.07, 6.45) is -2.44. The second kappa shape index (κ2) is 5.41. The molecule has 0 spiro atoms. The second-order valence-electron chi connectivity index (χ2n) is 4.81. The number of aliphatic imine (C=N–C) groups is 1. The Hall–Kier alpha value is -1.23. The highest BCUT2D eigenvalue weighted by molar-refractivity contribution is 7.78. The van der Waals surface area contributed by atoms with Crippen LogP contribution >= 0.6 is 12.2 Å². The fourth-order valence-corrected chi connectivity index (χ4v) is 2.68. The third-order valence-corrected chi connectivity index (χ3v) is 3.59. The second-order valence-corrected chi connectivity index (χ2v) is 4.99. The van der Waals surface area contributed by atoms with E-state index in [2.05, 4.69) is 22.4 Å². The zero-order chi connectivity index (χ0) is 14.0. The van der Waals surface area contributed by atoms with Gasteiger partial charge >= 0.3 is 6.18 Å². The maximum atomic E-state index is 12.9. The average molecular weight is 287 g/mol. The monoisotopic (exact) mass is 287 g/mol. The zero-order valence-corrected chi connectivity index (χ0v) is 11.2. The molecule has 2 atom stereocenters. The van der Waals surface area contributed by atoms with E-state index in [0.29, 0.717) is 5.56 Å². The van der Waals surface area contributed by atoms with E-state index in [0.717, 1.165) is 25.5 Å². The summed E-state index contributed by atoms with van der Waals surface area (Å²) in [5.41, 5.74) is 0.224. The summed E-state index contributed by atoms with van der Waals surface area (Å²) >= 11 is 4.47. The van der Waals surface area contributed by atoms with E-state index in [1.807, 2.05) is 7.05 Å². The molecule has 1 saturated heterocycles. The molecule has 1 fully saturated rings. The number of thiocarbonyl (C=S) groups is 1. The number of nitrogens with zero attached hydrogens (tertiary/aromatic N) is 1. The summed E-state index contributed by atoms with van der Waals surface area (Å²) in [5.74, 6) is 0. The standard InChI is InChI=1S/C13H13F3N2S/c1-18-4-2-3-12(18)9-5-10(13(14,15)16)7-11(6-9)17-8-19/h5-7,12H,2-4H2,1H3/p+1. The first-order valence-corrected chi connectivity index (χ1v) is 6.45. The topological polar surface area (TPSA) is 16.8 Å². The molecule has 2 nitrogen and oxygen atoms in total. The summed E-state index contributed by atoms with van der Waals surface area (Å²) in [4.78, 5) is 4.93. The van der Waals surface area contributed by atoms with E-state index in [1.165, 1.54) is 11.0 Å². The molecule has 1 aromatic carbocycles. The van der Waals surface area contributed by atoms with Gasteiger partial charge in [-0.05, 0) is 30.4 Å². The Labute approximate surface area is 114 Å². The van der Waals surface area contributed by atoms with Crippen LogP contribution in [0.1, 0.15) is 30.0 Å². The van der Waals surface area contributed by atoms with Gasteiger partial charge in [-0.15, -0.1) is 0 Å². The molecule has 1 heterocycles. The summed E-state index contributed by atoms with van der Waals surface area (Å²) in [7, 11) is 2.00. The van der Waals surface area contributed by atoms with Crippen molar-refractivity contribution in [1.29, 1.82) is 0 Å². The fraction of sp³-hybridized carbons (Fsp3) is 0.462. The Kier molecular flexibility index (Phi) is 4.04. The first-order valence-electron chi connectivity index (χ1n) is 6.04. The lowest BCUT2D eigenvalue weighted by Gasteiger charge is -2.18. The number of nitrogens with one attached hydrogen (secondary N) is 1. The minimum atomic E-state index is -4.37. The normalized spacial score (nSPS) is 23.2. The number of quaternary nitrogens is 1. The lowest BCUT2D eigenvalue weighted by atomic mass is 10.0. The molecule has 6 heteroatoms. The van der Waals surface area contributed by atoms with E-state index in [9.17, 15) is 13.2 Å². The van der Waals surface area contributed by atoms with Crippen LogP contribution in [0.2, 0.25) is 0 Å². The van der Waals surface area contributed by atoms with Crippen LogP contribution < -0.4 is 4.90 Å². The molecular formula is C13H14F3N2S+. The van der Waals surface area contributed by atoms with E-state index < -0.39 is 11.7 Å². The Morgan fingerprint density at radius 1 is 1.37 bits per heavy atom. The predicted octanol–water partition coefficient (Wildman–Crippen LogP) is 2.79. The highest BCUT2D eigenvalue weighted by Crippen LogP contribution is 2.34. The van der Waals surface area contributed by atoms with Gasteiger partial charge in [0.15, 0.2) is 0 Å². The lowest BCUT2D eigenvalue weighted by Crippen LogP contribution is -3.07. The van der Waals surface area contributed by atoms with Gasteiger partial charge in [0.1, 0.15) is 6.04 Å². The number of benzene rings is 1. The first kappa shape index (κ1) is 14.2. The van der Waals surface area contributed by atoms with Crippen molar-refractivity contribution < 1.29 is 18.1 Å². The lowest BCUT2D eigenvalue weighted by molar-refractivity contribution is -0.898. The van der Waals surface area contributed by atoms with Crippen molar-refractivity contribution in [2.75, 3.05) is 13.6 Å². The predicted molar refractivity (Wildman–Crippen MR) is 69.9 cm³/mol. The van der Waals surface area contributed by atoms with E-state index >= 15 is 0 Å². The van der Waals surface area contributed by atoms with Gasteiger partial charge < -0.3 is 4.90 Å². The Morgan fingerprint density at radius 3 is 2.63 bits per heavy atom. The van der Waals surface area contributed by atoms with Gasteiger partial charge in [-0.1, -0.05) is 0 Å². The van der Waals surface area contributed by atoms with E-state index in [-0.39, 0.29) is 11.7 Å². The van der Waals surface area contributed by atoms with Crippen LogP contribution in [0.25, 0.3) is 0 Å². The van der Waals surface area contributed by atoms with Crippen LogP contribution in [0.15, 0.2) is 23.2 Å². The van der Waals surface area contributed by atoms with Crippen molar-refractivity contribution in [2.45, 2.75) is 25.1 Å². The van der Waals surface area contributed by atoms with E-state index in [1.54, 1.807) is 6.07 Å².